The Kier molecular flexibility index (Phi) is 4.91. The molecule has 0 atom stereocenters. The Morgan fingerprint density at radius 2 is 1.81 bits per heavy atom. The number of nitrogens with one attached hydrogen (secondary N) is 1. The summed E-state index contributed by atoms with van der Waals surface area (Å²) < 4.78 is 25.6. The topological polar surface area (TPSA) is 92.2 Å². The molecule has 36 heavy (non-hydrogen) atoms. The van der Waals surface area contributed by atoms with Crippen molar-refractivity contribution in [2.75, 3.05) is 11.2 Å². The van der Waals surface area contributed by atoms with Gasteiger partial charge in [0, 0.05) is 47.8 Å². The third-order valence-electron chi connectivity index (χ3n) is 6.75. The predicted molar refractivity (Wildman–Crippen MR) is 142 cm³/mol. The molecular formula is C28H23N3O4S. The van der Waals surface area contributed by atoms with E-state index in [4.69, 9.17) is 0 Å². The van der Waals surface area contributed by atoms with Crippen LogP contribution in [0.3, 0.4) is 0 Å². The van der Waals surface area contributed by atoms with Gasteiger partial charge in [-0.25, -0.2) is 8.42 Å². The zero-order valence-corrected chi connectivity index (χ0v) is 20.6. The van der Waals surface area contributed by atoms with Gasteiger partial charge in [0.15, 0.2) is 9.84 Å². The Morgan fingerprint density at radius 1 is 1.03 bits per heavy atom. The number of benzene rings is 3. The van der Waals surface area contributed by atoms with Gasteiger partial charge in [-0.2, -0.15) is 0 Å². The molecule has 5 aromatic rings. The Balaban J connectivity index is 1.62. The number of hydrogen-bond acceptors (Lipinski definition) is 4. The molecule has 0 saturated carbocycles. The summed E-state index contributed by atoms with van der Waals surface area (Å²) >= 11 is 0. The number of aromatic nitrogens is 2. The molecule has 6 rings (SSSR count). The molecule has 0 radical (unpaired) electrons. The number of nitrogens with zero attached hydrogens (tertiary/aromatic N) is 2. The highest BCUT2D eigenvalue weighted by molar-refractivity contribution is 7.89. The lowest BCUT2D eigenvalue weighted by molar-refractivity contribution is 0.0987. The first-order valence-corrected chi connectivity index (χ1v) is 13.6. The summed E-state index contributed by atoms with van der Waals surface area (Å²) in [6, 6.07) is 18.8. The summed E-state index contributed by atoms with van der Waals surface area (Å²) in [6.45, 7) is 0.265. The van der Waals surface area contributed by atoms with Crippen LogP contribution in [-0.2, 0) is 29.2 Å². The Hall–Kier alpha value is -4.17. The fraction of sp³-hybridized carbons (Fsp3) is 0.143. The standard InChI is InChI=1S/C28H23N3O4S/c1-30-15-23-22-12-17(16-36(2,34)35)10-11-24(22)31(14-19-13-29-26(25(19)23)28(30)33)27(32)21-9-5-7-18-6-3-4-8-20(18)21/h3-13,15,29H,14,16H2,1-2H3. The van der Waals surface area contributed by atoms with Crippen molar-refractivity contribution < 1.29 is 13.2 Å². The normalized spacial score (nSPS) is 13.1. The molecule has 0 bridgehead atoms. The highest BCUT2D eigenvalue weighted by Crippen LogP contribution is 2.42. The highest BCUT2D eigenvalue weighted by Gasteiger charge is 2.29. The Morgan fingerprint density at radius 3 is 2.61 bits per heavy atom. The van der Waals surface area contributed by atoms with Crippen LogP contribution in [0.25, 0.3) is 32.8 Å². The first-order valence-electron chi connectivity index (χ1n) is 11.5. The van der Waals surface area contributed by atoms with Crippen molar-refractivity contribution in [3.8, 4) is 11.1 Å². The quantitative estimate of drug-likeness (QED) is 0.400. The molecule has 1 aliphatic heterocycles. The summed E-state index contributed by atoms with van der Waals surface area (Å²) in [4.78, 5) is 31.8. The summed E-state index contributed by atoms with van der Waals surface area (Å²) in [7, 11) is -1.59. The molecule has 7 nitrogen and oxygen atoms in total. The number of hydrogen-bond donors (Lipinski definition) is 1. The van der Waals surface area contributed by atoms with Crippen LogP contribution in [0.2, 0.25) is 0 Å². The second-order valence-corrected chi connectivity index (χ2v) is 11.5. The molecular weight excluding hydrogens is 474 g/mol. The molecule has 0 unspecified atom stereocenters. The summed E-state index contributed by atoms with van der Waals surface area (Å²) in [5.74, 6) is -0.287. The Bertz CT molecular complexity index is 1880. The molecule has 0 aliphatic carbocycles. The highest BCUT2D eigenvalue weighted by atomic mass is 32.2. The van der Waals surface area contributed by atoms with E-state index in [0.29, 0.717) is 27.9 Å². The van der Waals surface area contributed by atoms with Crippen molar-refractivity contribution >= 4 is 43.1 Å². The molecule has 2 aromatic heterocycles. The number of fused-ring (bicyclic) bond motifs is 3. The number of amides is 1. The van der Waals surface area contributed by atoms with Crippen molar-refractivity contribution in [1.82, 2.24) is 9.55 Å². The molecule has 0 fully saturated rings. The lowest BCUT2D eigenvalue weighted by atomic mass is 9.99. The molecule has 3 heterocycles. The molecule has 3 aromatic carbocycles. The third kappa shape index (κ3) is 3.53. The van der Waals surface area contributed by atoms with Crippen molar-refractivity contribution in [1.29, 1.82) is 0 Å². The van der Waals surface area contributed by atoms with Gasteiger partial charge < -0.3 is 14.5 Å². The van der Waals surface area contributed by atoms with Crippen LogP contribution in [0.1, 0.15) is 21.5 Å². The molecule has 0 saturated heterocycles. The number of pyridine rings is 1. The van der Waals surface area contributed by atoms with E-state index in [1.54, 1.807) is 30.4 Å². The van der Waals surface area contributed by atoms with Crippen LogP contribution in [0.4, 0.5) is 5.69 Å². The smallest absolute Gasteiger partial charge is 0.274 e. The van der Waals surface area contributed by atoms with E-state index < -0.39 is 9.84 Å². The summed E-state index contributed by atoms with van der Waals surface area (Å²) in [6.07, 6.45) is 4.74. The van der Waals surface area contributed by atoms with E-state index in [2.05, 4.69) is 4.98 Å². The number of aryl methyl sites for hydroxylation is 1. The zero-order chi connectivity index (χ0) is 25.2. The largest absolute Gasteiger partial charge is 0.356 e. The van der Waals surface area contributed by atoms with Crippen molar-refractivity contribution in [2.24, 2.45) is 7.05 Å². The van der Waals surface area contributed by atoms with Gasteiger partial charge in [0.05, 0.1) is 18.0 Å². The minimum Gasteiger partial charge on any atom is -0.356 e. The minimum absolute atomic E-state index is 0.119. The number of rotatable bonds is 3. The number of carbonyl (C=O) groups is 1. The molecule has 180 valence electrons. The zero-order valence-electron chi connectivity index (χ0n) is 19.8. The van der Waals surface area contributed by atoms with Crippen LogP contribution in [0, 0.1) is 0 Å². The van der Waals surface area contributed by atoms with Gasteiger partial charge in [0.2, 0.25) is 0 Å². The van der Waals surface area contributed by atoms with E-state index in [-0.39, 0.29) is 23.8 Å². The van der Waals surface area contributed by atoms with Gasteiger partial charge in [-0.15, -0.1) is 0 Å². The van der Waals surface area contributed by atoms with Crippen molar-refractivity contribution in [3.05, 3.63) is 100 Å². The molecule has 1 N–H and O–H groups in total. The van der Waals surface area contributed by atoms with Crippen LogP contribution in [0.5, 0.6) is 0 Å². The average molecular weight is 498 g/mol. The fourth-order valence-corrected chi connectivity index (χ4v) is 5.97. The van der Waals surface area contributed by atoms with Gasteiger partial charge >= 0.3 is 0 Å². The molecule has 1 amide bonds. The van der Waals surface area contributed by atoms with E-state index in [1.165, 1.54) is 10.8 Å². The second kappa shape index (κ2) is 7.93. The van der Waals surface area contributed by atoms with Crippen molar-refractivity contribution in [2.45, 2.75) is 12.3 Å². The predicted octanol–water partition coefficient (Wildman–Crippen LogP) is 4.39. The SMILES string of the molecule is Cn1cc2c3c(c[nH]c3c1=O)CN(C(=O)c1cccc3ccccc13)c1ccc(CS(C)(=O)=O)cc1-2. The first kappa shape index (κ1) is 22.3. The number of carbonyl (C=O) groups excluding carboxylic acids is 1. The first-order chi connectivity index (χ1) is 17.2. The fourth-order valence-electron chi connectivity index (χ4n) is 5.18. The van der Waals surface area contributed by atoms with E-state index in [0.717, 1.165) is 27.3 Å². The van der Waals surface area contributed by atoms with Gasteiger partial charge in [-0.1, -0.05) is 42.5 Å². The number of anilines is 1. The van der Waals surface area contributed by atoms with Gasteiger partial charge in [-0.05, 0) is 40.1 Å². The third-order valence-corrected chi connectivity index (χ3v) is 7.61. The maximum absolute atomic E-state index is 14.1. The second-order valence-electron chi connectivity index (χ2n) is 9.36. The van der Waals surface area contributed by atoms with Gasteiger partial charge in [-0.3, -0.25) is 9.59 Å². The average Bonchev–Trinajstić information content (AvgIpc) is 3.22. The maximum atomic E-state index is 14.1. The van der Waals surface area contributed by atoms with E-state index in [9.17, 15) is 18.0 Å². The summed E-state index contributed by atoms with van der Waals surface area (Å²) in [5.41, 5.74) is 4.48. The van der Waals surface area contributed by atoms with Crippen molar-refractivity contribution in [3.63, 3.8) is 0 Å². The number of aromatic amines is 1. The lowest BCUT2D eigenvalue weighted by Crippen LogP contribution is -2.30. The summed E-state index contributed by atoms with van der Waals surface area (Å²) in [5, 5.41) is 2.58. The van der Waals surface area contributed by atoms with Crippen LogP contribution in [-0.4, -0.2) is 30.1 Å². The molecule has 8 heteroatoms. The monoisotopic (exact) mass is 497 g/mol. The van der Waals surface area contributed by atoms with Gasteiger partial charge in [0.25, 0.3) is 11.5 Å². The minimum atomic E-state index is -3.27. The number of sulfone groups is 1. The lowest BCUT2D eigenvalue weighted by Gasteiger charge is -2.25. The molecule has 0 spiro atoms. The Labute approximate surface area is 207 Å². The van der Waals surface area contributed by atoms with E-state index in [1.807, 2.05) is 54.6 Å². The van der Waals surface area contributed by atoms with E-state index >= 15 is 0 Å². The van der Waals surface area contributed by atoms with Crippen LogP contribution < -0.4 is 10.5 Å². The number of H-pyrrole nitrogens is 1. The van der Waals surface area contributed by atoms with Crippen LogP contribution >= 0.6 is 0 Å². The molecule has 1 aliphatic rings. The van der Waals surface area contributed by atoms with Crippen LogP contribution in [0.15, 0.2) is 77.9 Å². The maximum Gasteiger partial charge on any atom is 0.274 e. The van der Waals surface area contributed by atoms with Gasteiger partial charge in [0.1, 0.15) is 5.52 Å².